The van der Waals surface area contributed by atoms with E-state index in [0.29, 0.717) is 0 Å². The van der Waals surface area contributed by atoms with Crippen molar-refractivity contribution in [1.82, 2.24) is 4.98 Å². The minimum Gasteiger partial charge on any atom is -0.389 e. The molecule has 0 aliphatic heterocycles. The van der Waals surface area contributed by atoms with Crippen LogP contribution in [0.15, 0.2) is 24.5 Å². The summed E-state index contributed by atoms with van der Waals surface area (Å²) >= 11 is 0. The maximum Gasteiger partial charge on any atom is 0.0776 e. The molecule has 1 aromatic rings. The van der Waals surface area contributed by atoms with Crippen LogP contribution in [0.25, 0.3) is 0 Å². The zero-order valence-electron chi connectivity index (χ0n) is 5.28. The number of aliphatic hydroxyl groups excluding tert-OH is 1. The first-order chi connectivity index (χ1) is 4.30. The van der Waals surface area contributed by atoms with E-state index >= 15 is 0 Å². The fourth-order valence-corrected chi connectivity index (χ4v) is 0.623. The molecule has 0 spiro atoms. The van der Waals surface area contributed by atoms with Gasteiger partial charge in [0, 0.05) is 12.4 Å². The Hall–Kier alpha value is -0.890. The Morgan fingerprint density at radius 2 is 2.44 bits per heavy atom. The summed E-state index contributed by atoms with van der Waals surface area (Å²) in [5.41, 5.74) is 0.859. The molecule has 0 radical (unpaired) electrons. The Morgan fingerprint density at radius 3 is 2.78 bits per heavy atom. The van der Waals surface area contributed by atoms with Crippen LogP contribution in [0.1, 0.15) is 18.6 Å². The molecule has 1 heterocycles. The van der Waals surface area contributed by atoms with Crippen LogP contribution in [0.4, 0.5) is 0 Å². The first-order valence-electron chi connectivity index (χ1n) is 2.88. The minimum atomic E-state index is -0.404. The van der Waals surface area contributed by atoms with E-state index in [1.165, 1.54) is 0 Å². The van der Waals surface area contributed by atoms with Crippen LogP contribution in [0.3, 0.4) is 0 Å². The highest BCUT2D eigenvalue weighted by molar-refractivity contribution is 5.10. The quantitative estimate of drug-likeness (QED) is 0.607. The number of aliphatic hydroxyl groups is 1. The van der Waals surface area contributed by atoms with Crippen LogP contribution in [0, 0.1) is 0 Å². The second-order valence-corrected chi connectivity index (χ2v) is 1.96. The van der Waals surface area contributed by atoms with E-state index in [1.807, 2.05) is 12.1 Å². The van der Waals surface area contributed by atoms with Crippen LogP contribution >= 0.6 is 0 Å². The highest BCUT2D eigenvalue weighted by atomic mass is 16.3. The van der Waals surface area contributed by atoms with Gasteiger partial charge in [-0.2, -0.15) is 0 Å². The topological polar surface area (TPSA) is 33.1 Å². The van der Waals surface area contributed by atoms with Crippen molar-refractivity contribution in [2.45, 2.75) is 13.0 Å². The summed E-state index contributed by atoms with van der Waals surface area (Å²) in [6, 6.07) is 3.65. The Labute approximate surface area is 54.2 Å². The van der Waals surface area contributed by atoms with Gasteiger partial charge in [-0.05, 0) is 18.6 Å². The molecular weight excluding hydrogens is 114 g/mol. The van der Waals surface area contributed by atoms with E-state index in [9.17, 15) is 0 Å². The fraction of sp³-hybridized carbons (Fsp3) is 0.286. The zero-order chi connectivity index (χ0) is 6.69. The molecular formula is C7H9NO. The maximum atomic E-state index is 8.98. The minimum absolute atomic E-state index is 0.404. The lowest BCUT2D eigenvalue weighted by atomic mass is 10.2. The molecule has 2 nitrogen and oxygen atoms in total. The van der Waals surface area contributed by atoms with Gasteiger partial charge in [-0.15, -0.1) is 0 Å². The Kier molecular flexibility index (Phi) is 1.80. The van der Waals surface area contributed by atoms with Crippen LogP contribution < -0.4 is 0 Å². The molecule has 0 bridgehead atoms. The average Bonchev–Trinajstić information content (AvgIpc) is 1.90. The van der Waals surface area contributed by atoms with E-state index in [0.717, 1.165) is 5.56 Å². The standard InChI is InChI=1S/C7H9NO/c1-6(9)7-3-2-4-8-5-7/h2-6,9H,1H3/t6-/m0/s1. The molecule has 1 rings (SSSR count). The molecule has 1 aromatic heterocycles. The van der Waals surface area contributed by atoms with Gasteiger partial charge in [-0.25, -0.2) is 0 Å². The lowest BCUT2D eigenvalue weighted by Crippen LogP contribution is -1.89. The lowest BCUT2D eigenvalue weighted by molar-refractivity contribution is 0.199. The summed E-state index contributed by atoms with van der Waals surface area (Å²) in [6.45, 7) is 1.72. The highest BCUT2D eigenvalue weighted by Gasteiger charge is 1.96. The normalized spacial score (nSPS) is 13.1. The van der Waals surface area contributed by atoms with Crippen molar-refractivity contribution in [3.8, 4) is 0 Å². The predicted molar refractivity (Wildman–Crippen MR) is 34.9 cm³/mol. The van der Waals surface area contributed by atoms with Gasteiger partial charge in [0.1, 0.15) is 0 Å². The van der Waals surface area contributed by atoms with Gasteiger partial charge in [-0.3, -0.25) is 4.98 Å². The van der Waals surface area contributed by atoms with Gasteiger partial charge in [0.2, 0.25) is 0 Å². The second-order valence-electron chi connectivity index (χ2n) is 1.96. The Balaban J connectivity index is 2.85. The van der Waals surface area contributed by atoms with Gasteiger partial charge >= 0.3 is 0 Å². The number of hydrogen-bond acceptors (Lipinski definition) is 2. The predicted octanol–water partition coefficient (Wildman–Crippen LogP) is 1.13. The summed E-state index contributed by atoms with van der Waals surface area (Å²) < 4.78 is 0. The van der Waals surface area contributed by atoms with Crippen molar-refractivity contribution in [3.05, 3.63) is 30.1 Å². The van der Waals surface area contributed by atoms with Crippen molar-refractivity contribution in [1.29, 1.82) is 0 Å². The molecule has 1 atom stereocenters. The Bertz CT molecular complexity index is 172. The number of rotatable bonds is 1. The molecule has 0 fully saturated rings. The third-order valence-corrected chi connectivity index (χ3v) is 1.17. The molecule has 1 N–H and O–H groups in total. The van der Waals surface area contributed by atoms with Crippen LogP contribution in [-0.2, 0) is 0 Å². The molecule has 0 aliphatic rings. The van der Waals surface area contributed by atoms with Crippen molar-refractivity contribution in [2.24, 2.45) is 0 Å². The molecule has 2 heteroatoms. The van der Waals surface area contributed by atoms with Crippen molar-refractivity contribution >= 4 is 0 Å². The van der Waals surface area contributed by atoms with Crippen LogP contribution in [0.5, 0.6) is 0 Å². The van der Waals surface area contributed by atoms with Gasteiger partial charge in [0.15, 0.2) is 0 Å². The molecule has 0 saturated heterocycles. The zero-order valence-corrected chi connectivity index (χ0v) is 5.28. The molecule has 0 aromatic carbocycles. The summed E-state index contributed by atoms with van der Waals surface area (Å²) in [4.78, 5) is 3.85. The van der Waals surface area contributed by atoms with Gasteiger partial charge < -0.3 is 5.11 Å². The summed E-state index contributed by atoms with van der Waals surface area (Å²) in [5.74, 6) is 0. The van der Waals surface area contributed by atoms with E-state index in [4.69, 9.17) is 5.11 Å². The third-order valence-electron chi connectivity index (χ3n) is 1.17. The fourth-order valence-electron chi connectivity index (χ4n) is 0.623. The largest absolute Gasteiger partial charge is 0.389 e. The number of pyridine rings is 1. The van der Waals surface area contributed by atoms with E-state index in [1.54, 1.807) is 19.3 Å². The number of nitrogens with zero attached hydrogens (tertiary/aromatic N) is 1. The summed E-state index contributed by atoms with van der Waals surface area (Å²) in [5, 5.41) is 8.98. The smallest absolute Gasteiger partial charge is 0.0776 e. The number of hydrogen-bond donors (Lipinski definition) is 1. The highest BCUT2D eigenvalue weighted by Crippen LogP contribution is 2.07. The van der Waals surface area contributed by atoms with Gasteiger partial charge in [0.25, 0.3) is 0 Å². The van der Waals surface area contributed by atoms with Gasteiger partial charge in [-0.1, -0.05) is 6.07 Å². The first kappa shape index (κ1) is 6.23. The van der Waals surface area contributed by atoms with Gasteiger partial charge in [0.05, 0.1) is 6.10 Å². The summed E-state index contributed by atoms with van der Waals surface area (Å²) in [6.07, 6.45) is 2.94. The van der Waals surface area contributed by atoms with Crippen LogP contribution in [0.2, 0.25) is 0 Å². The van der Waals surface area contributed by atoms with Crippen molar-refractivity contribution in [2.75, 3.05) is 0 Å². The monoisotopic (exact) mass is 123 g/mol. The van der Waals surface area contributed by atoms with E-state index < -0.39 is 6.10 Å². The Morgan fingerprint density at radius 1 is 1.67 bits per heavy atom. The second kappa shape index (κ2) is 2.60. The maximum absolute atomic E-state index is 8.98. The molecule has 9 heavy (non-hydrogen) atoms. The number of aromatic nitrogens is 1. The third kappa shape index (κ3) is 1.50. The molecule has 0 amide bonds. The summed E-state index contributed by atoms with van der Waals surface area (Å²) in [7, 11) is 0. The molecule has 0 unspecified atom stereocenters. The van der Waals surface area contributed by atoms with E-state index in [-0.39, 0.29) is 0 Å². The van der Waals surface area contributed by atoms with Crippen molar-refractivity contribution in [3.63, 3.8) is 0 Å². The van der Waals surface area contributed by atoms with Crippen molar-refractivity contribution < 1.29 is 5.11 Å². The van der Waals surface area contributed by atoms with E-state index in [2.05, 4.69) is 4.98 Å². The molecule has 0 saturated carbocycles. The SMILES string of the molecule is C[C@H](O)c1cccnc1. The average molecular weight is 123 g/mol. The van der Waals surface area contributed by atoms with Crippen LogP contribution in [-0.4, -0.2) is 10.1 Å². The first-order valence-corrected chi connectivity index (χ1v) is 2.88. The lowest BCUT2D eigenvalue weighted by Gasteiger charge is -2.00. The molecule has 0 aliphatic carbocycles. The molecule has 48 valence electrons.